The monoisotopic (exact) mass is 572 g/mol. The van der Waals surface area contributed by atoms with Crippen molar-refractivity contribution in [3.05, 3.63) is 29.1 Å². The number of carbonyl (C=O) groups excluding carboxylic acids is 2. The van der Waals surface area contributed by atoms with Crippen LogP contribution in [0.25, 0.3) is 0 Å². The average molecular weight is 572 g/mol. The topological polar surface area (TPSA) is 140 Å². The maximum Gasteiger partial charge on any atom is 0.508 e. The molecule has 3 N–H and O–H groups in total. The van der Waals surface area contributed by atoms with Gasteiger partial charge in [-0.2, -0.15) is 8.78 Å². The molecule has 0 saturated carbocycles. The molecular formula is C21H29F6O9P. The van der Waals surface area contributed by atoms with Gasteiger partial charge in [0.05, 0.1) is 22.1 Å². The van der Waals surface area contributed by atoms with E-state index in [2.05, 4.69) is 14.2 Å². The third kappa shape index (κ3) is 10.7. The van der Waals surface area contributed by atoms with E-state index in [9.17, 15) is 40.5 Å². The van der Waals surface area contributed by atoms with Gasteiger partial charge in [-0.1, -0.05) is 20.2 Å². The first-order valence-electron chi connectivity index (χ1n) is 10.8. The van der Waals surface area contributed by atoms with Crippen molar-refractivity contribution in [2.45, 2.75) is 34.1 Å². The summed E-state index contributed by atoms with van der Waals surface area (Å²) < 4.78 is 95.5. The fraction of sp³-hybridized carbons (Fsp3) is 0.571. The van der Waals surface area contributed by atoms with E-state index in [0.717, 1.165) is 13.3 Å². The third-order valence-electron chi connectivity index (χ3n) is 4.09. The summed E-state index contributed by atoms with van der Waals surface area (Å²) in [5, 5.41) is 25.1. The van der Waals surface area contributed by atoms with Crippen molar-refractivity contribution < 1.29 is 71.4 Å². The Hall–Kier alpha value is -2.64. The standard InChI is InChI=1S/C12H7F5O5.C5H10O4.C3H8.CH4FP/c1-12(2-20-11(19)21-3-12)10(18)22-9-7(16)5(14)4(13)6(15)8(9)17;1-5(2-6,3-7)4(8)9;2*1-3-2/h2-3H2,1H3;6-7H,2-3H2,1H3,(H,8,9);3H2,1-2H3;3H,1H3/i;;1T;. The number of hydrogen-bond donors (Lipinski definition) is 3. The van der Waals surface area contributed by atoms with Crippen LogP contribution in [-0.2, 0) is 19.1 Å². The number of halogens is 6. The minimum atomic E-state index is -2.38. The Labute approximate surface area is 212 Å². The maximum absolute atomic E-state index is 13.4. The van der Waals surface area contributed by atoms with Crippen LogP contribution in [0.3, 0.4) is 0 Å². The van der Waals surface area contributed by atoms with E-state index < -0.39 is 99.1 Å². The van der Waals surface area contributed by atoms with Crippen molar-refractivity contribution in [1.29, 1.82) is 0 Å². The molecule has 0 aliphatic carbocycles. The van der Waals surface area contributed by atoms with Crippen LogP contribution in [0, 0.1) is 39.9 Å². The molecule has 1 saturated heterocycles. The average Bonchev–Trinajstić information content (AvgIpc) is 2.90. The first-order valence-corrected chi connectivity index (χ1v) is 11.5. The van der Waals surface area contributed by atoms with E-state index in [4.69, 9.17) is 16.7 Å². The minimum absolute atomic E-state index is 0.417. The third-order valence-corrected chi connectivity index (χ3v) is 4.09. The second-order valence-corrected chi connectivity index (χ2v) is 7.93. The molecule has 1 aliphatic rings. The Morgan fingerprint density at radius 1 is 1.05 bits per heavy atom. The second-order valence-electron chi connectivity index (χ2n) is 7.55. The van der Waals surface area contributed by atoms with Gasteiger partial charge in [-0.3, -0.25) is 9.59 Å². The number of rotatable bonds is 5. The predicted octanol–water partition coefficient (Wildman–Crippen LogP) is 4.12. The number of ether oxygens (including phenoxy) is 3. The highest BCUT2D eigenvalue weighted by molar-refractivity contribution is 7.30. The molecular weight excluding hydrogens is 541 g/mol. The van der Waals surface area contributed by atoms with E-state index in [0.29, 0.717) is 6.90 Å². The van der Waals surface area contributed by atoms with Crippen LogP contribution in [0.5, 0.6) is 5.75 Å². The van der Waals surface area contributed by atoms with Crippen molar-refractivity contribution in [3.63, 3.8) is 0 Å². The lowest BCUT2D eigenvalue weighted by Gasteiger charge is -2.29. The van der Waals surface area contributed by atoms with Gasteiger partial charge in [0, 0.05) is 1.37 Å². The summed E-state index contributed by atoms with van der Waals surface area (Å²) in [7, 11) is -0.417. The normalized spacial score (nSPS) is 14.4. The molecule has 1 atom stereocenters. The van der Waals surface area contributed by atoms with Crippen molar-refractivity contribution in [3.8, 4) is 5.75 Å². The fourth-order valence-electron chi connectivity index (χ4n) is 1.71. The molecule has 1 unspecified atom stereocenters. The molecule has 16 heteroatoms. The van der Waals surface area contributed by atoms with Gasteiger partial charge in [-0.25, -0.2) is 22.2 Å². The first-order chi connectivity index (χ1) is 17.6. The zero-order valence-electron chi connectivity index (χ0n) is 21.3. The van der Waals surface area contributed by atoms with E-state index >= 15 is 0 Å². The molecule has 1 fully saturated rings. The van der Waals surface area contributed by atoms with Gasteiger partial charge < -0.3 is 29.5 Å². The Morgan fingerprint density at radius 2 is 1.41 bits per heavy atom. The number of hydrogen-bond acceptors (Lipinski definition) is 8. The summed E-state index contributed by atoms with van der Waals surface area (Å²) in [6, 6.07) is 0. The Bertz CT molecular complexity index is 894. The van der Waals surface area contributed by atoms with Crippen LogP contribution >= 0.6 is 8.89 Å². The lowest BCUT2D eigenvalue weighted by Crippen LogP contribution is -2.45. The predicted molar refractivity (Wildman–Crippen MR) is 119 cm³/mol. The van der Waals surface area contributed by atoms with Gasteiger partial charge in [-0.15, -0.1) is 0 Å². The van der Waals surface area contributed by atoms with Gasteiger partial charge in [0.15, 0.2) is 0 Å². The van der Waals surface area contributed by atoms with Crippen molar-refractivity contribution >= 4 is 27.0 Å². The van der Waals surface area contributed by atoms with Crippen LogP contribution in [-0.4, -0.2) is 66.5 Å². The van der Waals surface area contributed by atoms with Gasteiger partial charge in [0.25, 0.3) is 0 Å². The van der Waals surface area contributed by atoms with E-state index in [1.54, 1.807) is 0 Å². The summed E-state index contributed by atoms with van der Waals surface area (Å²) in [5.41, 5.74) is -3.05. The van der Waals surface area contributed by atoms with Crippen LogP contribution in [0.2, 0.25) is 0 Å². The lowest BCUT2D eigenvalue weighted by atomic mass is 9.92. The summed E-state index contributed by atoms with van der Waals surface area (Å²) in [4.78, 5) is 32.7. The highest BCUT2D eigenvalue weighted by Gasteiger charge is 2.43. The van der Waals surface area contributed by atoms with E-state index in [1.165, 1.54) is 13.6 Å². The first kappa shape index (κ1) is 34.4. The zero-order valence-corrected chi connectivity index (χ0v) is 21.3. The molecule has 214 valence electrons. The summed E-state index contributed by atoms with van der Waals surface area (Å²) in [6.45, 7) is 4.31. The van der Waals surface area contributed by atoms with Crippen LogP contribution in [0.1, 0.15) is 35.5 Å². The summed E-state index contributed by atoms with van der Waals surface area (Å²) in [6.07, 6.45) is -0.0819. The number of carboxylic acids is 1. The van der Waals surface area contributed by atoms with Gasteiger partial charge in [0.2, 0.25) is 34.8 Å². The van der Waals surface area contributed by atoms with Gasteiger partial charge in [0.1, 0.15) is 24.0 Å². The zero-order chi connectivity index (χ0) is 30.3. The molecule has 0 bridgehead atoms. The lowest BCUT2D eigenvalue weighted by molar-refractivity contribution is -0.156. The summed E-state index contributed by atoms with van der Waals surface area (Å²) >= 11 is 0. The molecule has 1 aromatic carbocycles. The SMILES string of the molecule is CC(CO)(CO)C(=O)O.CC1(C(=O)Oc2c(F)c(F)c(F)c(F)c2F)COC(=O)OC1.CPF.[3H]CCC. The molecule has 1 heterocycles. The Balaban J connectivity index is 0. The molecule has 9 nitrogen and oxygen atoms in total. The number of benzene rings is 1. The largest absolute Gasteiger partial charge is 0.508 e. The minimum Gasteiger partial charge on any atom is -0.481 e. The number of cyclic esters (lactones) is 2. The van der Waals surface area contributed by atoms with E-state index in [1.807, 2.05) is 6.92 Å². The number of esters is 1. The van der Waals surface area contributed by atoms with E-state index in [-0.39, 0.29) is 0 Å². The Morgan fingerprint density at radius 3 is 1.68 bits per heavy atom. The second kappa shape index (κ2) is 17.0. The van der Waals surface area contributed by atoms with Crippen molar-refractivity contribution in [2.75, 3.05) is 33.1 Å². The van der Waals surface area contributed by atoms with Crippen molar-refractivity contribution in [1.82, 2.24) is 0 Å². The van der Waals surface area contributed by atoms with Crippen molar-refractivity contribution in [2.24, 2.45) is 10.8 Å². The van der Waals surface area contributed by atoms with Crippen LogP contribution in [0.4, 0.5) is 30.9 Å². The number of aliphatic hydroxyl groups excluding tert-OH is 2. The molecule has 0 spiro atoms. The number of aliphatic hydroxyl groups is 2. The Kier molecular flexibility index (Phi) is 15.8. The molecule has 2 rings (SSSR count). The maximum atomic E-state index is 13.4. The van der Waals surface area contributed by atoms with Crippen LogP contribution < -0.4 is 4.74 Å². The molecule has 0 aromatic heterocycles. The summed E-state index contributed by atoms with van der Waals surface area (Å²) in [5.74, 6) is -15.8. The smallest absolute Gasteiger partial charge is 0.481 e. The fourth-order valence-corrected chi connectivity index (χ4v) is 1.71. The highest BCUT2D eigenvalue weighted by Crippen LogP contribution is 2.32. The highest BCUT2D eigenvalue weighted by atomic mass is 31.1. The molecule has 0 amide bonds. The number of carboxylic acid groups (broad SMARTS) is 1. The molecule has 1 aromatic rings. The number of aliphatic carboxylic acids is 1. The van der Waals surface area contributed by atoms with Gasteiger partial charge in [-0.05, 0) is 20.5 Å². The quantitative estimate of drug-likeness (QED) is 0.119. The molecule has 0 radical (unpaired) electrons. The number of carbonyl (C=O) groups is 3. The van der Waals surface area contributed by atoms with Crippen LogP contribution in [0.15, 0.2) is 0 Å². The molecule has 1 aliphatic heterocycles. The van der Waals surface area contributed by atoms with Gasteiger partial charge >= 0.3 is 18.1 Å². The molecule has 37 heavy (non-hydrogen) atoms.